The number of oxazole rings is 1. The summed E-state index contributed by atoms with van der Waals surface area (Å²) in [4.78, 5) is 16.6. The predicted octanol–water partition coefficient (Wildman–Crippen LogP) is 4.12. The van der Waals surface area contributed by atoms with Crippen molar-refractivity contribution in [2.24, 2.45) is 0 Å². The van der Waals surface area contributed by atoms with Crippen molar-refractivity contribution < 1.29 is 22.4 Å². The molecule has 3 aromatic rings. The van der Waals surface area contributed by atoms with Crippen LogP contribution in [0.15, 0.2) is 46.9 Å². The molecule has 9 heteroatoms. The van der Waals surface area contributed by atoms with Crippen molar-refractivity contribution in [1.82, 2.24) is 4.98 Å². The first-order chi connectivity index (χ1) is 14.1. The van der Waals surface area contributed by atoms with Crippen LogP contribution in [-0.2, 0) is 14.8 Å². The van der Waals surface area contributed by atoms with Gasteiger partial charge in [0.25, 0.3) is 0 Å². The van der Waals surface area contributed by atoms with E-state index in [-0.39, 0.29) is 12.0 Å². The van der Waals surface area contributed by atoms with Gasteiger partial charge in [-0.15, -0.1) is 0 Å². The Hall–Kier alpha value is -3.07. The molecule has 0 spiro atoms. The number of fused-ring (bicyclic) bond motifs is 1. The molecule has 0 aliphatic carbocycles. The average molecular weight is 432 g/mol. The number of sulfonamides is 1. The van der Waals surface area contributed by atoms with Gasteiger partial charge in [-0.3, -0.25) is 9.52 Å². The van der Waals surface area contributed by atoms with E-state index in [2.05, 4.69) is 15.0 Å². The van der Waals surface area contributed by atoms with E-state index in [0.717, 1.165) is 0 Å². The Morgan fingerprint density at radius 1 is 1.07 bits per heavy atom. The van der Waals surface area contributed by atoms with E-state index in [0.29, 0.717) is 34.1 Å². The van der Waals surface area contributed by atoms with E-state index in [1.165, 1.54) is 0 Å². The van der Waals surface area contributed by atoms with Gasteiger partial charge in [0.05, 0.1) is 6.10 Å². The number of hydrogen-bond donors (Lipinski definition) is 2. The van der Waals surface area contributed by atoms with Crippen LogP contribution < -0.4 is 14.8 Å². The summed E-state index contributed by atoms with van der Waals surface area (Å²) in [5, 5.41) is 2.59. The summed E-state index contributed by atoms with van der Waals surface area (Å²) in [6, 6.07) is 11.5. The van der Waals surface area contributed by atoms with Crippen molar-refractivity contribution in [3.05, 3.63) is 48.4 Å². The molecule has 1 amide bonds. The highest BCUT2D eigenvalue weighted by Gasteiger charge is 2.18. The van der Waals surface area contributed by atoms with E-state index in [9.17, 15) is 13.2 Å². The molecule has 0 fully saturated rings. The molecular formula is C21H25N3O5S. The molecule has 0 saturated heterocycles. The molecule has 1 aromatic heterocycles. The van der Waals surface area contributed by atoms with Gasteiger partial charge < -0.3 is 14.5 Å². The summed E-state index contributed by atoms with van der Waals surface area (Å²) in [7, 11) is -3.88. The van der Waals surface area contributed by atoms with Crippen LogP contribution in [0.25, 0.3) is 11.1 Å². The standard InChI is InChI=1S/C21H25N3O5S/c1-13(2)21-23-18-11-16(7-10-19(18)29-21)22-20(25)12-30(26,27)24-15-5-8-17(9-6-15)28-14(3)4/h5-11,13-14,24H,12H2,1-4H3,(H,22,25). The van der Waals surface area contributed by atoms with Gasteiger partial charge in [0.15, 0.2) is 11.5 Å². The fourth-order valence-corrected chi connectivity index (χ4v) is 3.71. The van der Waals surface area contributed by atoms with Crippen LogP contribution in [0.1, 0.15) is 39.5 Å². The summed E-state index contributed by atoms with van der Waals surface area (Å²) < 4.78 is 38.2. The Labute approximate surface area is 175 Å². The Balaban J connectivity index is 1.62. The number of aromatic nitrogens is 1. The number of ether oxygens (including phenoxy) is 1. The van der Waals surface area contributed by atoms with Crippen molar-refractivity contribution >= 4 is 38.4 Å². The van der Waals surface area contributed by atoms with Crippen molar-refractivity contribution in [1.29, 1.82) is 0 Å². The average Bonchev–Trinajstić information content (AvgIpc) is 3.06. The summed E-state index contributed by atoms with van der Waals surface area (Å²) in [6.45, 7) is 7.74. The number of carbonyl (C=O) groups is 1. The molecule has 0 radical (unpaired) electrons. The molecular weight excluding hydrogens is 406 g/mol. The lowest BCUT2D eigenvalue weighted by Gasteiger charge is -2.11. The van der Waals surface area contributed by atoms with Gasteiger partial charge in [0.1, 0.15) is 17.0 Å². The van der Waals surface area contributed by atoms with Crippen LogP contribution in [0.4, 0.5) is 11.4 Å². The molecule has 3 rings (SSSR count). The summed E-state index contributed by atoms with van der Waals surface area (Å²) >= 11 is 0. The van der Waals surface area contributed by atoms with Gasteiger partial charge in [-0.05, 0) is 56.3 Å². The summed E-state index contributed by atoms with van der Waals surface area (Å²) in [5.74, 6) is -0.00259. The molecule has 8 nitrogen and oxygen atoms in total. The van der Waals surface area contributed by atoms with Crippen molar-refractivity contribution in [3.63, 3.8) is 0 Å². The van der Waals surface area contributed by atoms with Crippen LogP contribution in [0.5, 0.6) is 5.75 Å². The second kappa shape index (κ2) is 8.74. The van der Waals surface area contributed by atoms with Gasteiger partial charge in [0, 0.05) is 17.3 Å². The molecule has 30 heavy (non-hydrogen) atoms. The lowest BCUT2D eigenvalue weighted by molar-refractivity contribution is -0.113. The number of rotatable bonds is 8. The van der Waals surface area contributed by atoms with Gasteiger partial charge >= 0.3 is 0 Å². The molecule has 0 atom stereocenters. The normalized spacial score (nSPS) is 11.8. The highest BCUT2D eigenvalue weighted by atomic mass is 32.2. The first kappa shape index (κ1) is 21.6. The third-order valence-corrected chi connectivity index (χ3v) is 5.19. The van der Waals surface area contributed by atoms with Crippen LogP contribution >= 0.6 is 0 Å². The maximum atomic E-state index is 12.3. The van der Waals surface area contributed by atoms with E-state index < -0.39 is 21.7 Å². The molecule has 1 heterocycles. The number of hydrogen-bond acceptors (Lipinski definition) is 6. The molecule has 0 aliphatic rings. The number of nitrogens with one attached hydrogen (secondary N) is 2. The molecule has 2 aromatic carbocycles. The largest absolute Gasteiger partial charge is 0.491 e. The molecule has 0 bridgehead atoms. The SMILES string of the molecule is CC(C)Oc1ccc(NS(=O)(=O)CC(=O)Nc2ccc3oc(C(C)C)nc3c2)cc1. The van der Waals surface area contributed by atoms with E-state index in [1.54, 1.807) is 42.5 Å². The fourth-order valence-electron chi connectivity index (χ4n) is 2.73. The second-order valence-electron chi connectivity index (χ2n) is 7.49. The van der Waals surface area contributed by atoms with Gasteiger partial charge in [-0.2, -0.15) is 0 Å². The zero-order chi connectivity index (χ0) is 21.9. The maximum Gasteiger partial charge on any atom is 0.241 e. The first-order valence-corrected chi connectivity index (χ1v) is 11.2. The number of nitrogens with zero attached hydrogens (tertiary/aromatic N) is 1. The molecule has 0 aliphatic heterocycles. The Morgan fingerprint density at radius 2 is 1.73 bits per heavy atom. The minimum atomic E-state index is -3.88. The molecule has 2 N–H and O–H groups in total. The van der Waals surface area contributed by atoms with E-state index in [1.807, 2.05) is 27.7 Å². The third-order valence-electron chi connectivity index (χ3n) is 4.00. The highest BCUT2D eigenvalue weighted by molar-refractivity contribution is 7.93. The van der Waals surface area contributed by atoms with Crippen LogP contribution in [0, 0.1) is 0 Å². The zero-order valence-corrected chi connectivity index (χ0v) is 18.1. The van der Waals surface area contributed by atoms with E-state index in [4.69, 9.17) is 9.15 Å². The van der Waals surface area contributed by atoms with Crippen molar-refractivity contribution in [2.45, 2.75) is 39.7 Å². The number of amides is 1. The van der Waals surface area contributed by atoms with Crippen molar-refractivity contribution in [2.75, 3.05) is 15.8 Å². The number of carbonyl (C=O) groups excluding carboxylic acids is 1. The van der Waals surface area contributed by atoms with Crippen LogP contribution in [0.3, 0.4) is 0 Å². The maximum absolute atomic E-state index is 12.3. The lowest BCUT2D eigenvalue weighted by atomic mass is 10.2. The second-order valence-corrected chi connectivity index (χ2v) is 9.21. The van der Waals surface area contributed by atoms with Gasteiger partial charge in [-0.25, -0.2) is 13.4 Å². The number of anilines is 2. The molecule has 160 valence electrons. The van der Waals surface area contributed by atoms with Crippen LogP contribution in [0.2, 0.25) is 0 Å². The van der Waals surface area contributed by atoms with E-state index >= 15 is 0 Å². The first-order valence-electron chi connectivity index (χ1n) is 9.59. The number of benzene rings is 2. The summed E-state index contributed by atoms with van der Waals surface area (Å²) in [5.41, 5.74) is 2.00. The Morgan fingerprint density at radius 3 is 2.37 bits per heavy atom. The van der Waals surface area contributed by atoms with Crippen LogP contribution in [-0.4, -0.2) is 31.2 Å². The van der Waals surface area contributed by atoms with Crippen molar-refractivity contribution in [3.8, 4) is 5.75 Å². The van der Waals surface area contributed by atoms with Gasteiger partial charge in [0.2, 0.25) is 15.9 Å². The monoisotopic (exact) mass is 431 g/mol. The molecule has 0 unspecified atom stereocenters. The predicted molar refractivity (Wildman–Crippen MR) is 116 cm³/mol. The third kappa shape index (κ3) is 5.73. The lowest BCUT2D eigenvalue weighted by Crippen LogP contribution is -2.27. The smallest absolute Gasteiger partial charge is 0.241 e. The highest BCUT2D eigenvalue weighted by Crippen LogP contribution is 2.24. The quantitative estimate of drug-likeness (QED) is 0.555. The Bertz CT molecular complexity index is 1140. The fraction of sp³-hybridized carbons (Fsp3) is 0.333. The van der Waals surface area contributed by atoms with Gasteiger partial charge in [-0.1, -0.05) is 13.8 Å². The Kier molecular flexibility index (Phi) is 6.31. The minimum Gasteiger partial charge on any atom is -0.491 e. The zero-order valence-electron chi connectivity index (χ0n) is 17.3. The molecule has 0 saturated carbocycles. The topological polar surface area (TPSA) is 111 Å². The minimum absolute atomic E-state index is 0.0182. The summed E-state index contributed by atoms with van der Waals surface area (Å²) in [6.07, 6.45) is 0.0182.